The van der Waals surface area contributed by atoms with Crippen molar-refractivity contribution in [3.8, 4) is 0 Å². The summed E-state index contributed by atoms with van der Waals surface area (Å²) in [6.45, 7) is 9.50. The molecule has 0 radical (unpaired) electrons. The molecule has 1 amide bonds. The van der Waals surface area contributed by atoms with E-state index >= 15 is 0 Å². The number of nitrogens with one attached hydrogen (secondary N) is 1. The molecule has 2 N–H and O–H groups in total. The summed E-state index contributed by atoms with van der Waals surface area (Å²) in [6, 6.07) is 0. The van der Waals surface area contributed by atoms with E-state index < -0.39 is 11.9 Å². The van der Waals surface area contributed by atoms with Crippen LogP contribution in [0.5, 0.6) is 0 Å². The van der Waals surface area contributed by atoms with E-state index in [0.717, 1.165) is 12.8 Å². The molecule has 0 aliphatic heterocycles. The van der Waals surface area contributed by atoms with Gasteiger partial charge < -0.3 is 10.4 Å². The molecule has 4 heteroatoms. The Balaban J connectivity index is 2.23. The van der Waals surface area contributed by atoms with E-state index in [0.29, 0.717) is 30.7 Å². The van der Waals surface area contributed by atoms with Gasteiger partial charge in [-0.3, -0.25) is 9.59 Å². The third kappa shape index (κ3) is 5.21. The summed E-state index contributed by atoms with van der Waals surface area (Å²) in [5.41, 5.74) is 0.311. The minimum Gasteiger partial charge on any atom is -0.481 e. The lowest BCUT2D eigenvalue weighted by Crippen LogP contribution is -2.44. The monoisotopic (exact) mass is 269 g/mol. The number of carbonyl (C=O) groups excluding carboxylic acids is 1. The summed E-state index contributed by atoms with van der Waals surface area (Å²) in [5, 5.41) is 11.8. The van der Waals surface area contributed by atoms with E-state index in [2.05, 4.69) is 33.0 Å². The normalized spacial score (nSPS) is 24.4. The Bertz CT molecular complexity index is 333. The molecule has 1 aliphatic carbocycles. The SMILES string of the molecule is CC(CCNC(=O)C1CCC1C(=O)O)CC(C)(C)C. The zero-order valence-electron chi connectivity index (χ0n) is 12.5. The van der Waals surface area contributed by atoms with Crippen LogP contribution in [0.2, 0.25) is 0 Å². The van der Waals surface area contributed by atoms with Gasteiger partial charge in [-0.25, -0.2) is 0 Å². The van der Waals surface area contributed by atoms with Gasteiger partial charge in [0, 0.05) is 6.54 Å². The number of amides is 1. The van der Waals surface area contributed by atoms with Crippen LogP contribution in [0.3, 0.4) is 0 Å². The van der Waals surface area contributed by atoms with Crippen LogP contribution >= 0.6 is 0 Å². The predicted molar refractivity (Wildman–Crippen MR) is 74.7 cm³/mol. The maximum absolute atomic E-state index is 11.8. The lowest BCUT2D eigenvalue weighted by Gasteiger charge is -2.32. The van der Waals surface area contributed by atoms with Crippen LogP contribution in [-0.2, 0) is 9.59 Å². The molecule has 19 heavy (non-hydrogen) atoms. The fourth-order valence-electron chi connectivity index (χ4n) is 2.83. The maximum atomic E-state index is 11.8. The van der Waals surface area contributed by atoms with Gasteiger partial charge in [0.15, 0.2) is 0 Å². The summed E-state index contributed by atoms with van der Waals surface area (Å²) < 4.78 is 0. The van der Waals surface area contributed by atoms with Crippen molar-refractivity contribution in [2.24, 2.45) is 23.2 Å². The van der Waals surface area contributed by atoms with Gasteiger partial charge in [0.25, 0.3) is 0 Å². The average Bonchev–Trinajstić information content (AvgIpc) is 2.10. The third-order valence-corrected chi connectivity index (χ3v) is 3.83. The van der Waals surface area contributed by atoms with E-state index in [-0.39, 0.29) is 11.8 Å². The Morgan fingerprint density at radius 2 is 1.84 bits per heavy atom. The number of hydrogen-bond donors (Lipinski definition) is 2. The van der Waals surface area contributed by atoms with Crippen LogP contribution in [0, 0.1) is 23.2 Å². The second kappa shape index (κ2) is 6.40. The zero-order valence-corrected chi connectivity index (χ0v) is 12.5. The van der Waals surface area contributed by atoms with Crippen molar-refractivity contribution in [2.75, 3.05) is 6.54 Å². The summed E-state index contributed by atoms with van der Waals surface area (Å²) in [5.74, 6) is -1.13. The molecule has 0 aromatic carbocycles. The standard InChI is InChI=1S/C15H27NO3/c1-10(9-15(2,3)4)7-8-16-13(17)11-5-6-12(11)14(18)19/h10-12H,5-9H2,1-4H3,(H,16,17)(H,18,19). The molecule has 1 saturated carbocycles. The fourth-order valence-corrected chi connectivity index (χ4v) is 2.83. The quantitative estimate of drug-likeness (QED) is 0.779. The number of carbonyl (C=O) groups is 2. The first-order valence-corrected chi connectivity index (χ1v) is 7.21. The van der Waals surface area contributed by atoms with Crippen LogP contribution in [-0.4, -0.2) is 23.5 Å². The van der Waals surface area contributed by atoms with Crippen LogP contribution in [0.1, 0.15) is 53.4 Å². The Kier molecular flexibility index (Phi) is 5.39. The van der Waals surface area contributed by atoms with E-state index in [1.54, 1.807) is 0 Å². The Hall–Kier alpha value is -1.06. The molecule has 1 aliphatic rings. The molecular formula is C15H27NO3. The molecule has 0 heterocycles. The molecule has 0 bridgehead atoms. The van der Waals surface area contributed by atoms with Crippen molar-refractivity contribution in [3.05, 3.63) is 0 Å². The first-order chi connectivity index (χ1) is 8.70. The largest absolute Gasteiger partial charge is 0.481 e. The van der Waals surface area contributed by atoms with Gasteiger partial charge in [-0.2, -0.15) is 0 Å². The van der Waals surface area contributed by atoms with Crippen LogP contribution in [0.4, 0.5) is 0 Å². The van der Waals surface area contributed by atoms with Gasteiger partial charge in [-0.15, -0.1) is 0 Å². The molecule has 4 nitrogen and oxygen atoms in total. The van der Waals surface area contributed by atoms with E-state index in [9.17, 15) is 9.59 Å². The molecule has 3 unspecified atom stereocenters. The lowest BCUT2D eigenvalue weighted by molar-refractivity contribution is -0.152. The summed E-state index contributed by atoms with van der Waals surface area (Å²) in [6.07, 6.45) is 3.42. The molecule has 0 saturated heterocycles. The topological polar surface area (TPSA) is 66.4 Å². The summed E-state index contributed by atoms with van der Waals surface area (Å²) in [4.78, 5) is 22.7. The smallest absolute Gasteiger partial charge is 0.307 e. The Morgan fingerprint density at radius 3 is 2.26 bits per heavy atom. The van der Waals surface area contributed by atoms with Crippen LogP contribution in [0.25, 0.3) is 0 Å². The average molecular weight is 269 g/mol. The number of hydrogen-bond acceptors (Lipinski definition) is 2. The fraction of sp³-hybridized carbons (Fsp3) is 0.867. The van der Waals surface area contributed by atoms with Gasteiger partial charge in [-0.05, 0) is 37.0 Å². The van der Waals surface area contributed by atoms with Crippen molar-refractivity contribution in [2.45, 2.75) is 53.4 Å². The second-order valence-corrected chi connectivity index (χ2v) is 7.08. The van der Waals surface area contributed by atoms with E-state index in [1.807, 2.05) is 0 Å². The summed E-state index contributed by atoms with van der Waals surface area (Å²) in [7, 11) is 0. The van der Waals surface area contributed by atoms with E-state index in [4.69, 9.17) is 5.11 Å². The molecule has 3 atom stereocenters. The number of rotatable bonds is 6. The number of carboxylic acid groups (broad SMARTS) is 1. The first-order valence-electron chi connectivity index (χ1n) is 7.21. The van der Waals surface area contributed by atoms with Gasteiger partial charge in [0.2, 0.25) is 5.91 Å². The second-order valence-electron chi connectivity index (χ2n) is 7.08. The first kappa shape index (κ1) is 16.0. The molecule has 0 aromatic heterocycles. The van der Waals surface area contributed by atoms with Crippen molar-refractivity contribution in [1.29, 1.82) is 0 Å². The zero-order chi connectivity index (χ0) is 14.6. The molecule has 0 aromatic rings. The van der Waals surface area contributed by atoms with Crippen LogP contribution < -0.4 is 5.32 Å². The van der Waals surface area contributed by atoms with Gasteiger partial charge >= 0.3 is 5.97 Å². The molecular weight excluding hydrogens is 242 g/mol. The summed E-state index contributed by atoms with van der Waals surface area (Å²) >= 11 is 0. The highest BCUT2D eigenvalue weighted by atomic mass is 16.4. The van der Waals surface area contributed by atoms with Crippen molar-refractivity contribution >= 4 is 11.9 Å². The molecule has 1 rings (SSSR count). The van der Waals surface area contributed by atoms with Crippen LogP contribution in [0.15, 0.2) is 0 Å². The third-order valence-electron chi connectivity index (χ3n) is 3.83. The highest BCUT2D eigenvalue weighted by Gasteiger charge is 2.41. The molecule has 1 fully saturated rings. The van der Waals surface area contributed by atoms with E-state index in [1.165, 1.54) is 0 Å². The Morgan fingerprint density at radius 1 is 1.26 bits per heavy atom. The van der Waals surface area contributed by atoms with Crippen molar-refractivity contribution in [3.63, 3.8) is 0 Å². The molecule has 0 spiro atoms. The predicted octanol–water partition coefficient (Wildman–Crippen LogP) is 2.68. The number of aliphatic carboxylic acids is 1. The van der Waals surface area contributed by atoms with Gasteiger partial charge in [-0.1, -0.05) is 27.7 Å². The highest BCUT2D eigenvalue weighted by molar-refractivity contribution is 5.86. The minimum absolute atomic E-state index is 0.0818. The maximum Gasteiger partial charge on any atom is 0.307 e. The number of carboxylic acids is 1. The van der Waals surface area contributed by atoms with Gasteiger partial charge in [0.05, 0.1) is 11.8 Å². The Labute approximate surface area is 116 Å². The van der Waals surface area contributed by atoms with Crippen molar-refractivity contribution < 1.29 is 14.7 Å². The lowest BCUT2D eigenvalue weighted by atomic mass is 9.73. The minimum atomic E-state index is -0.840. The molecule has 110 valence electrons. The highest BCUT2D eigenvalue weighted by Crippen LogP contribution is 2.34. The van der Waals surface area contributed by atoms with Gasteiger partial charge in [0.1, 0.15) is 0 Å². The van der Waals surface area contributed by atoms with Crippen molar-refractivity contribution in [1.82, 2.24) is 5.32 Å².